The minimum Gasteiger partial charge on any atom is -0.464 e. The molecule has 0 amide bonds. The average Bonchev–Trinajstić information content (AvgIpc) is 2.44. The number of hydrogen-bond donors (Lipinski definition) is 1. The second-order valence-electron chi connectivity index (χ2n) is 4.38. The third kappa shape index (κ3) is 3.72. The minimum atomic E-state index is 0.166. The van der Waals surface area contributed by atoms with E-state index in [9.17, 15) is 0 Å². The van der Waals surface area contributed by atoms with Gasteiger partial charge >= 0.3 is 12.0 Å². The van der Waals surface area contributed by atoms with E-state index in [1.54, 1.807) is 7.05 Å². The van der Waals surface area contributed by atoms with Crippen molar-refractivity contribution in [3.8, 4) is 17.8 Å². The van der Waals surface area contributed by atoms with Gasteiger partial charge < -0.3 is 14.8 Å². The van der Waals surface area contributed by atoms with E-state index in [1.165, 1.54) is 0 Å². The first-order valence-electron chi connectivity index (χ1n) is 6.54. The molecule has 0 aliphatic carbocycles. The van der Waals surface area contributed by atoms with Gasteiger partial charge in [-0.25, -0.2) is 0 Å². The molecule has 6 nitrogen and oxygen atoms in total. The Morgan fingerprint density at radius 3 is 2.29 bits per heavy atom. The average molecular weight is 309 g/mol. The summed E-state index contributed by atoms with van der Waals surface area (Å²) in [6, 6.07) is 4.05. The molecule has 1 aromatic heterocycles. The highest BCUT2D eigenvalue weighted by molar-refractivity contribution is 6.32. The third-order valence-electron chi connectivity index (χ3n) is 2.71. The molecule has 0 aliphatic rings. The highest BCUT2D eigenvalue weighted by Crippen LogP contribution is 2.28. The molecule has 1 heterocycles. The van der Waals surface area contributed by atoms with Crippen molar-refractivity contribution in [2.75, 3.05) is 19.0 Å². The number of halogens is 1. The van der Waals surface area contributed by atoms with Gasteiger partial charge in [-0.15, -0.1) is 4.98 Å². The van der Waals surface area contributed by atoms with Crippen molar-refractivity contribution in [1.82, 2.24) is 15.0 Å². The third-order valence-corrected chi connectivity index (χ3v) is 3.31. The fourth-order valence-corrected chi connectivity index (χ4v) is 1.87. The fraction of sp³-hybridized carbons (Fsp3) is 0.357. The summed E-state index contributed by atoms with van der Waals surface area (Å²) in [7, 11) is 1.71. The molecule has 0 aliphatic heterocycles. The molecule has 0 unspecified atom stereocenters. The van der Waals surface area contributed by atoms with Crippen LogP contribution in [-0.4, -0.2) is 28.6 Å². The molecular weight excluding hydrogens is 292 g/mol. The van der Waals surface area contributed by atoms with E-state index < -0.39 is 0 Å². The zero-order valence-corrected chi connectivity index (χ0v) is 13.2. The van der Waals surface area contributed by atoms with Crippen LogP contribution in [0.15, 0.2) is 12.1 Å². The Labute approximate surface area is 128 Å². The summed E-state index contributed by atoms with van der Waals surface area (Å²) in [6.45, 7) is 6.15. The molecule has 0 saturated carbocycles. The largest absolute Gasteiger partial charge is 0.464 e. The van der Waals surface area contributed by atoms with Crippen LogP contribution in [0.1, 0.15) is 18.1 Å². The second kappa shape index (κ2) is 6.58. The van der Waals surface area contributed by atoms with E-state index in [1.807, 2.05) is 32.9 Å². The smallest absolute Gasteiger partial charge is 0.330 e. The summed E-state index contributed by atoms with van der Waals surface area (Å²) in [4.78, 5) is 12.3. The quantitative estimate of drug-likeness (QED) is 0.913. The van der Waals surface area contributed by atoms with E-state index in [-0.39, 0.29) is 12.0 Å². The van der Waals surface area contributed by atoms with Gasteiger partial charge in [0.25, 0.3) is 0 Å². The SMILES string of the molecule is CCOc1nc(NC)nc(Oc2cc(C)c(Cl)c(C)c2)n1. The van der Waals surface area contributed by atoms with Crippen molar-refractivity contribution in [3.63, 3.8) is 0 Å². The Bertz CT molecular complexity index is 626. The maximum atomic E-state index is 6.14. The van der Waals surface area contributed by atoms with Crippen LogP contribution in [0.5, 0.6) is 17.8 Å². The molecule has 2 rings (SSSR count). The number of hydrogen-bond acceptors (Lipinski definition) is 6. The molecule has 0 fully saturated rings. The number of nitrogens with zero attached hydrogens (tertiary/aromatic N) is 3. The number of aromatic nitrogens is 3. The molecule has 1 N–H and O–H groups in total. The summed E-state index contributed by atoms with van der Waals surface area (Å²) >= 11 is 6.14. The van der Waals surface area contributed by atoms with Crippen LogP contribution in [0, 0.1) is 13.8 Å². The second-order valence-corrected chi connectivity index (χ2v) is 4.76. The van der Waals surface area contributed by atoms with Crippen LogP contribution in [0.4, 0.5) is 5.95 Å². The normalized spacial score (nSPS) is 10.3. The molecule has 0 spiro atoms. The number of aryl methyl sites for hydroxylation is 2. The first kappa shape index (κ1) is 15.3. The van der Waals surface area contributed by atoms with Gasteiger partial charge in [0.15, 0.2) is 0 Å². The topological polar surface area (TPSA) is 69.2 Å². The van der Waals surface area contributed by atoms with E-state index in [0.29, 0.717) is 18.3 Å². The van der Waals surface area contributed by atoms with Crippen LogP contribution >= 0.6 is 11.6 Å². The van der Waals surface area contributed by atoms with Gasteiger partial charge in [-0.1, -0.05) is 11.6 Å². The van der Waals surface area contributed by atoms with Crippen molar-refractivity contribution in [2.45, 2.75) is 20.8 Å². The van der Waals surface area contributed by atoms with Gasteiger partial charge in [-0.3, -0.25) is 0 Å². The van der Waals surface area contributed by atoms with E-state index in [2.05, 4.69) is 20.3 Å². The molecule has 112 valence electrons. The highest BCUT2D eigenvalue weighted by Gasteiger charge is 2.10. The molecule has 0 saturated heterocycles. The van der Waals surface area contributed by atoms with Crippen LogP contribution in [0.3, 0.4) is 0 Å². The van der Waals surface area contributed by atoms with Gasteiger partial charge in [0.1, 0.15) is 5.75 Å². The van der Waals surface area contributed by atoms with Crippen LogP contribution < -0.4 is 14.8 Å². The van der Waals surface area contributed by atoms with Crippen molar-refractivity contribution in [2.24, 2.45) is 0 Å². The Kier molecular flexibility index (Phi) is 4.80. The van der Waals surface area contributed by atoms with Gasteiger partial charge in [0.2, 0.25) is 5.95 Å². The van der Waals surface area contributed by atoms with Crippen LogP contribution in [-0.2, 0) is 0 Å². The summed E-state index contributed by atoms with van der Waals surface area (Å²) in [5, 5.41) is 3.57. The summed E-state index contributed by atoms with van der Waals surface area (Å²) < 4.78 is 11.0. The van der Waals surface area contributed by atoms with Crippen molar-refractivity contribution >= 4 is 17.5 Å². The predicted molar refractivity (Wildman–Crippen MR) is 81.5 cm³/mol. The number of anilines is 1. The van der Waals surface area contributed by atoms with Gasteiger partial charge in [-0.05, 0) is 44.0 Å². The lowest BCUT2D eigenvalue weighted by Gasteiger charge is -2.10. The monoisotopic (exact) mass is 308 g/mol. The first-order valence-corrected chi connectivity index (χ1v) is 6.92. The molecule has 1 aromatic carbocycles. The van der Waals surface area contributed by atoms with Crippen molar-refractivity contribution in [1.29, 1.82) is 0 Å². The van der Waals surface area contributed by atoms with E-state index >= 15 is 0 Å². The molecule has 2 aromatic rings. The van der Waals surface area contributed by atoms with Crippen molar-refractivity contribution in [3.05, 3.63) is 28.3 Å². The molecular formula is C14H17ClN4O2. The lowest BCUT2D eigenvalue weighted by atomic mass is 10.1. The van der Waals surface area contributed by atoms with Crippen LogP contribution in [0.2, 0.25) is 5.02 Å². The Morgan fingerprint density at radius 1 is 1.10 bits per heavy atom. The Hall–Kier alpha value is -2.08. The van der Waals surface area contributed by atoms with Gasteiger partial charge in [-0.2, -0.15) is 9.97 Å². The molecule has 21 heavy (non-hydrogen) atoms. The Balaban J connectivity index is 2.32. The molecule has 0 atom stereocenters. The summed E-state index contributed by atoms with van der Waals surface area (Å²) in [5.41, 5.74) is 1.86. The number of benzene rings is 1. The van der Waals surface area contributed by atoms with E-state index in [0.717, 1.165) is 16.1 Å². The lowest BCUT2D eigenvalue weighted by Crippen LogP contribution is -2.05. The minimum absolute atomic E-state index is 0.166. The number of rotatable bonds is 5. The summed E-state index contributed by atoms with van der Waals surface area (Å²) in [5.74, 6) is 0.996. The maximum Gasteiger partial charge on any atom is 0.330 e. The van der Waals surface area contributed by atoms with Gasteiger partial charge in [0, 0.05) is 12.1 Å². The maximum absolute atomic E-state index is 6.14. The Morgan fingerprint density at radius 2 is 1.71 bits per heavy atom. The molecule has 0 bridgehead atoms. The number of nitrogens with one attached hydrogen (secondary N) is 1. The van der Waals surface area contributed by atoms with Crippen molar-refractivity contribution < 1.29 is 9.47 Å². The first-order chi connectivity index (χ1) is 10.0. The molecule has 0 radical (unpaired) electrons. The zero-order chi connectivity index (χ0) is 15.4. The standard InChI is InChI=1S/C14H17ClN4O2/c1-5-20-13-17-12(16-4)18-14(19-13)21-10-6-8(2)11(15)9(3)7-10/h6-7H,5H2,1-4H3,(H,16,17,18,19). The zero-order valence-electron chi connectivity index (χ0n) is 12.4. The predicted octanol–water partition coefficient (Wildman–Crippen LogP) is 3.37. The summed E-state index contributed by atoms with van der Waals surface area (Å²) in [6.07, 6.45) is 0. The lowest BCUT2D eigenvalue weighted by molar-refractivity contribution is 0.304. The fourth-order valence-electron chi connectivity index (χ4n) is 1.76. The number of ether oxygens (including phenoxy) is 2. The highest BCUT2D eigenvalue weighted by atomic mass is 35.5. The molecule has 7 heteroatoms. The van der Waals surface area contributed by atoms with E-state index in [4.69, 9.17) is 21.1 Å². The van der Waals surface area contributed by atoms with Crippen LogP contribution in [0.25, 0.3) is 0 Å². The van der Waals surface area contributed by atoms with Gasteiger partial charge in [0.05, 0.1) is 6.61 Å².